The Morgan fingerprint density at radius 3 is 2.35 bits per heavy atom. The molecule has 0 amide bonds. The summed E-state index contributed by atoms with van der Waals surface area (Å²) in [6, 6.07) is 11.4. The first-order valence-corrected chi connectivity index (χ1v) is 8.13. The van der Waals surface area contributed by atoms with Gasteiger partial charge >= 0.3 is 0 Å². The van der Waals surface area contributed by atoms with E-state index in [0.717, 1.165) is 5.56 Å². The third kappa shape index (κ3) is 4.21. The zero-order chi connectivity index (χ0) is 16.9. The molecule has 0 aliphatic heterocycles. The zero-order valence-corrected chi connectivity index (χ0v) is 13.5. The Morgan fingerprint density at radius 1 is 1.09 bits per heavy atom. The van der Waals surface area contributed by atoms with Gasteiger partial charge in [0.05, 0.1) is 31.0 Å². The van der Waals surface area contributed by atoms with Crippen LogP contribution in [0.3, 0.4) is 0 Å². The van der Waals surface area contributed by atoms with Crippen molar-refractivity contribution in [1.29, 1.82) is 0 Å². The number of hydrogen-bond acceptors (Lipinski definition) is 6. The van der Waals surface area contributed by atoms with Gasteiger partial charge in [-0.1, -0.05) is 6.07 Å². The number of nitrogens with two attached hydrogens (primary N) is 1. The molecule has 0 aliphatic rings. The summed E-state index contributed by atoms with van der Waals surface area (Å²) in [6.07, 6.45) is 1.58. The number of primary sulfonamides is 1. The van der Waals surface area contributed by atoms with Crippen LogP contribution in [0.15, 0.2) is 52.5 Å². The van der Waals surface area contributed by atoms with Crippen LogP contribution in [0, 0.1) is 0 Å². The van der Waals surface area contributed by atoms with E-state index in [1.165, 1.54) is 12.1 Å². The number of nitrogens with one attached hydrogen (secondary N) is 1. The minimum Gasteiger partial charge on any atom is -0.493 e. The number of hydrogen-bond donors (Lipinski definition) is 2. The summed E-state index contributed by atoms with van der Waals surface area (Å²) in [4.78, 5) is 0.0431. The van der Waals surface area contributed by atoms with Gasteiger partial charge in [-0.15, -0.1) is 0 Å². The summed E-state index contributed by atoms with van der Waals surface area (Å²) in [7, 11) is -0.587. The summed E-state index contributed by atoms with van der Waals surface area (Å²) in [6.45, 7) is 0. The molecule has 2 aromatic carbocycles. The summed E-state index contributed by atoms with van der Waals surface area (Å²) in [5, 5.41) is 9.14. The first-order valence-electron chi connectivity index (χ1n) is 6.58. The predicted octanol–water partition coefficient (Wildman–Crippen LogP) is 1.80. The van der Waals surface area contributed by atoms with E-state index in [1.807, 2.05) is 12.1 Å². The third-order valence-electron chi connectivity index (χ3n) is 3.01. The number of methoxy groups -OCH3 is 2. The average molecular weight is 335 g/mol. The van der Waals surface area contributed by atoms with Gasteiger partial charge in [0.2, 0.25) is 10.0 Å². The third-order valence-corrected chi connectivity index (χ3v) is 3.94. The topological polar surface area (TPSA) is 103 Å². The molecular formula is C15H17N3O4S. The molecule has 0 unspecified atom stereocenters. The second-order valence-electron chi connectivity index (χ2n) is 4.52. The number of anilines is 1. The molecule has 2 aromatic rings. The van der Waals surface area contributed by atoms with E-state index in [-0.39, 0.29) is 4.90 Å². The van der Waals surface area contributed by atoms with Crippen LogP contribution in [-0.2, 0) is 10.0 Å². The Labute approximate surface area is 134 Å². The largest absolute Gasteiger partial charge is 0.493 e. The quantitative estimate of drug-likeness (QED) is 0.619. The molecule has 0 aliphatic carbocycles. The van der Waals surface area contributed by atoms with Gasteiger partial charge in [-0.05, 0) is 36.4 Å². The van der Waals surface area contributed by atoms with Crippen molar-refractivity contribution in [2.45, 2.75) is 4.90 Å². The molecule has 0 saturated carbocycles. The van der Waals surface area contributed by atoms with Gasteiger partial charge in [-0.3, -0.25) is 5.43 Å². The first-order chi connectivity index (χ1) is 11.0. The lowest BCUT2D eigenvalue weighted by Crippen LogP contribution is -2.11. The van der Waals surface area contributed by atoms with Crippen LogP contribution >= 0.6 is 0 Å². The van der Waals surface area contributed by atoms with E-state index in [0.29, 0.717) is 17.2 Å². The second kappa shape index (κ2) is 7.12. The summed E-state index contributed by atoms with van der Waals surface area (Å²) >= 11 is 0. The summed E-state index contributed by atoms with van der Waals surface area (Å²) in [5.74, 6) is 1.18. The fraction of sp³-hybridized carbons (Fsp3) is 0.133. The molecule has 0 radical (unpaired) electrons. The van der Waals surface area contributed by atoms with E-state index in [2.05, 4.69) is 10.5 Å². The van der Waals surface area contributed by atoms with Crippen LogP contribution in [0.4, 0.5) is 5.69 Å². The monoisotopic (exact) mass is 335 g/mol. The number of benzene rings is 2. The van der Waals surface area contributed by atoms with Crippen LogP contribution < -0.4 is 20.0 Å². The van der Waals surface area contributed by atoms with Crippen molar-refractivity contribution in [3.63, 3.8) is 0 Å². The summed E-state index contributed by atoms with van der Waals surface area (Å²) in [5.41, 5.74) is 4.16. The lowest BCUT2D eigenvalue weighted by atomic mass is 10.2. The van der Waals surface area contributed by atoms with E-state index >= 15 is 0 Å². The number of rotatable bonds is 6. The Balaban J connectivity index is 2.13. The second-order valence-corrected chi connectivity index (χ2v) is 6.08. The van der Waals surface area contributed by atoms with Gasteiger partial charge in [0.15, 0.2) is 11.5 Å². The lowest BCUT2D eigenvalue weighted by Gasteiger charge is -2.09. The maximum Gasteiger partial charge on any atom is 0.238 e. The molecule has 0 bridgehead atoms. The molecule has 23 heavy (non-hydrogen) atoms. The maximum absolute atomic E-state index is 11.2. The molecule has 0 fully saturated rings. The van der Waals surface area contributed by atoms with Crippen LogP contribution in [0.1, 0.15) is 5.56 Å². The highest BCUT2D eigenvalue weighted by atomic mass is 32.2. The van der Waals surface area contributed by atoms with Crippen LogP contribution in [0.25, 0.3) is 0 Å². The van der Waals surface area contributed by atoms with Gasteiger partial charge < -0.3 is 9.47 Å². The molecule has 8 heteroatoms. The molecule has 0 heterocycles. The molecule has 0 spiro atoms. The molecule has 0 saturated heterocycles. The highest BCUT2D eigenvalue weighted by Crippen LogP contribution is 2.29. The Morgan fingerprint density at radius 2 is 1.78 bits per heavy atom. The molecule has 7 nitrogen and oxygen atoms in total. The van der Waals surface area contributed by atoms with Crippen LogP contribution in [0.2, 0.25) is 0 Å². The number of nitrogens with zero attached hydrogens (tertiary/aromatic N) is 1. The van der Waals surface area contributed by atoms with Crippen molar-refractivity contribution in [3.8, 4) is 11.5 Å². The smallest absolute Gasteiger partial charge is 0.238 e. The van der Waals surface area contributed by atoms with E-state index in [4.69, 9.17) is 14.6 Å². The number of para-hydroxylation sites is 1. The van der Waals surface area contributed by atoms with Crippen LogP contribution in [0.5, 0.6) is 11.5 Å². The highest BCUT2D eigenvalue weighted by Gasteiger charge is 2.08. The molecule has 3 N–H and O–H groups in total. The molecule has 122 valence electrons. The molecule has 0 atom stereocenters. The minimum absolute atomic E-state index is 0.0431. The predicted molar refractivity (Wildman–Crippen MR) is 88.6 cm³/mol. The summed E-state index contributed by atoms with van der Waals surface area (Å²) < 4.78 is 32.9. The van der Waals surface area contributed by atoms with Gasteiger partial charge in [0.1, 0.15) is 0 Å². The van der Waals surface area contributed by atoms with Crippen molar-refractivity contribution in [2.24, 2.45) is 10.2 Å². The van der Waals surface area contributed by atoms with Crippen molar-refractivity contribution in [2.75, 3.05) is 19.6 Å². The fourth-order valence-corrected chi connectivity index (χ4v) is 2.42. The standard InChI is InChI=1S/C15H17N3O4S/c1-21-14-5-3-4-11(15(14)22-2)10-17-18-12-6-8-13(9-7-12)23(16,19)20/h3-10,18H,1-2H3,(H2,16,19,20)/b17-10+. The normalized spacial score (nSPS) is 11.4. The minimum atomic E-state index is -3.70. The molecular weight excluding hydrogens is 318 g/mol. The van der Waals surface area contributed by atoms with Gasteiger partial charge in [-0.25, -0.2) is 13.6 Å². The average Bonchev–Trinajstić information content (AvgIpc) is 2.54. The zero-order valence-electron chi connectivity index (χ0n) is 12.7. The molecule has 2 rings (SSSR count). The van der Waals surface area contributed by atoms with E-state index < -0.39 is 10.0 Å². The van der Waals surface area contributed by atoms with Crippen molar-refractivity contribution in [1.82, 2.24) is 0 Å². The van der Waals surface area contributed by atoms with E-state index in [1.54, 1.807) is 38.6 Å². The SMILES string of the molecule is COc1cccc(/C=N/Nc2ccc(S(N)(=O)=O)cc2)c1OC. The van der Waals surface area contributed by atoms with Gasteiger partial charge in [0, 0.05) is 5.56 Å². The van der Waals surface area contributed by atoms with Crippen LogP contribution in [-0.4, -0.2) is 28.9 Å². The van der Waals surface area contributed by atoms with Crippen molar-refractivity contribution in [3.05, 3.63) is 48.0 Å². The Kier molecular flexibility index (Phi) is 5.20. The van der Waals surface area contributed by atoms with Gasteiger partial charge in [-0.2, -0.15) is 5.10 Å². The fourth-order valence-electron chi connectivity index (χ4n) is 1.91. The van der Waals surface area contributed by atoms with Crippen molar-refractivity contribution < 1.29 is 17.9 Å². The lowest BCUT2D eigenvalue weighted by molar-refractivity contribution is 0.354. The first kappa shape index (κ1) is 16.8. The Bertz CT molecular complexity index is 802. The van der Waals surface area contributed by atoms with E-state index in [9.17, 15) is 8.42 Å². The number of hydrazone groups is 1. The van der Waals surface area contributed by atoms with Crippen molar-refractivity contribution >= 4 is 21.9 Å². The molecule has 0 aromatic heterocycles. The Hall–Kier alpha value is -2.58. The number of sulfonamides is 1. The number of ether oxygens (including phenoxy) is 2. The highest BCUT2D eigenvalue weighted by molar-refractivity contribution is 7.89. The van der Waals surface area contributed by atoms with Gasteiger partial charge in [0.25, 0.3) is 0 Å². The maximum atomic E-state index is 11.2.